The van der Waals surface area contributed by atoms with Gasteiger partial charge in [0.1, 0.15) is 5.75 Å². The van der Waals surface area contributed by atoms with Crippen molar-refractivity contribution in [2.24, 2.45) is 0 Å². The van der Waals surface area contributed by atoms with Gasteiger partial charge in [-0.15, -0.1) is 17.5 Å². The third-order valence-electron chi connectivity index (χ3n) is 5.80. The van der Waals surface area contributed by atoms with Gasteiger partial charge in [-0.25, -0.2) is 4.68 Å². The second-order valence-corrected chi connectivity index (χ2v) is 7.76. The van der Waals surface area contributed by atoms with E-state index in [0.29, 0.717) is 24.4 Å². The van der Waals surface area contributed by atoms with Crippen LogP contribution < -0.4 is 15.4 Å². The Hall–Kier alpha value is -2.12. The molecule has 29 heavy (non-hydrogen) atoms. The predicted molar refractivity (Wildman–Crippen MR) is 114 cm³/mol. The number of aromatic nitrogens is 3. The molecule has 2 aromatic rings. The summed E-state index contributed by atoms with van der Waals surface area (Å²) in [6.45, 7) is 4.29. The molecule has 1 aliphatic carbocycles. The zero-order valence-corrected chi connectivity index (χ0v) is 17.7. The summed E-state index contributed by atoms with van der Waals surface area (Å²) in [5, 5.41) is 14.8. The molecule has 2 heterocycles. The molecule has 4 rings (SSSR count). The maximum atomic E-state index is 12.7. The fourth-order valence-electron chi connectivity index (χ4n) is 4.16. The summed E-state index contributed by atoms with van der Waals surface area (Å²) >= 11 is 0. The number of hydrogen-bond donors (Lipinski definition) is 2. The first-order valence-corrected chi connectivity index (χ1v) is 10.4. The highest BCUT2D eigenvalue weighted by molar-refractivity contribution is 5.93. The van der Waals surface area contributed by atoms with Crippen molar-refractivity contribution < 1.29 is 9.53 Å². The van der Waals surface area contributed by atoms with Crippen LogP contribution in [0.25, 0.3) is 0 Å². The maximum Gasteiger partial charge on any atom is 0.274 e. The number of piperidine rings is 1. The number of carbonyl (C=O) groups is 1. The topological polar surface area (TPSA) is 81.1 Å². The molecular formula is C21H30ClN5O2. The minimum absolute atomic E-state index is 0. The van der Waals surface area contributed by atoms with Crippen molar-refractivity contribution in [2.75, 3.05) is 13.1 Å². The molecule has 1 aliphatic heterocycles. The fraction of sp³-hybridized carbons (Fsp3) is 0.571. The summed E-state index contributed by atoms with van der Waals surface area (Å²) in [5.41, 5.74) is 2.23. The molecule has 8 heteroatoms. The van der Waals surface area contributed by atoms with E-state index in [2.05, 4.69) is 20.9 Å². The van der Waals surface area contributed by atoms with E-state index in [-0.39, 0.29) is 18.3 Å². The second-order valence-electron chi connectivity index (χ2n) is 7.76. The Kier molecular flexibility index (Phi) is 7.50. The molecule has 1 aromatic heterocycles. The van der Waals surface area contributed by atoms with Crippen LogP contribution in [0.5, 0.6) is 5.75 Å². The normalized spacial score (nSPS) is 17.7. The van der Waals surface area contributed by atoms with E-state index >= 15 is 0 Å². The predicted octanol–water partition coefficient (Wildman–Crippen LogP) is 3.18. The molecule has 0 unspecified atom stereocenters. The van der Waals surface area contributed by atoms with Gasteiger partial charge in [-0.3, -0.25) is 4.79 Å². The number of halogens is 1. The van der Waals surface area contributed by atoms with Gasteiger partial charge >= 0.3 is 0 Å². The van der Waals surface area contributed by atoms with Crippen LogP contribution in [0.15, 0.2) is 24.3 Å². The third-order valence-corrected chi connectivity index (χ3v) is 5.80. The van der Waals surface area contributed by atoms with Gasteiger partial charge < -0.3 is 15.4 Å². The first-order valence-electron chi connectivity index (χ1n) is 10.4. The lowest BCUT2D eigenvalue weighted by Gasteiger charge is -2.23. The molecule has 1 amide bonds. The van der Waals surface area contributed by atoms with Crippen LogP contribution in [0, 0.1) is 6.92 Å². The Bertz CT molecular complexity index is 813. The fourth-order valence-corrected chi connectivity index (χ4v) is 4.16. The highest BCUT2D eigenvalue weighted by atomic mass is 35.5. The quantitative estimate of drug-likeness (QED) is 0.751. The lowest BCUT2D eigenvalue weighted by Crippen LogP contribution is -2.30. The summed E-state index contributed by atoms with van der Waals surface area (Å²) in [5.74, 6) is 0.679. The molecule has 0 atom stereocenters. The second kappa shape index (κ2) is 10.1. The number of benzene rings is 1. The number of hydrogen-bond acceptors (Lipinski definition) is 5. The van der Waals surface area contributed by atoms with Gasteiger partial charge in [-0.1, -0.05) is 23.4 Å². The van der Waals surface area contributed by atoms with Crippen LogP contribution in [0.3, 0.4) is 0 Å². The Morgan fingerprint density at radius 2 is 1.93 bits per heavy atom. The molecule has 0 radical (unpaired) electrons. The number of rotatable bonds is 6. The summed E-state index contributed by atoms with van der Waals surface area (Å²) in [6, 6.07) is 8.25. The molecule has 2 N–H and O–H groups in total. The Morgan fingerprint density at radius 3 is 2.69 bits per heavy atom. The Labute approximate surface area is 178 Å². The molecule has 1 saturated carbocycles. The number of carbonyl (C=O) groups excluding carboxylic acids is 1. The van der Waals surface area contributed by atoms with Gasteiger partial charge in [0.25, 0.3) is 5.91 Å². The van der Waals surface area contributed by atoms with Crippen molar-refractivity contribution in [1.29, 1.82) is 0 Å². The Balaban J connectivity index is 0.00000240. The van der Waals surface area contributed by atoms with Crippen molar-refractivity contribution >= 4 is 18.3 Å². The number of nitrogens with zero attached hydrogens (tertiary/aromatic N) is 3. The smallest absolute Gasteiger partial charge is 0.274 e. The van der Waals surface area contributed by atoms with Crippen molar-refractivity contribution in [3.8, 4) is 5.75 Å². The minimum atomic E-state index is -0.187. The van der Waals surface area contributed by atoms with E-state index in [1.165, 1.54) is 12.8 Å². The first kappa shape index (κ1) is 21.6. The number of para-hydroxylation sites is 1. The SMILES string of the molecule is Cc1c(C(=O)NCc2ccccc2OC2CCCC2)nnn1C1CCNCC1.Cl. The largest absolute Gasteiger partial charge is 0.490 e. The average molecular weight is 420 g/mol. The molecule has 1 saturated heterocycles. The van der Waals surface area contributed by atoms with E-state index in [1.54, 1.807) is 0 Å². The standard InChI is InChI=1S/C21H29N5O2.ClH/c1-15-20(24-25-26(15)17-10-12-22-13-11-17)21(27)23-14-16-6-2-5-9-19(16)28-18-7-3-4-8-18;/h2,5-6,9,17-18,22H,3-4,7-8,10-14H2,1H3,(H,23,27);1H. The molecular weight excluding hydrogens is 390 g/mol. The van der Waals surface area contributed by atoms with Gasteiger partial charge in [0, 0.05) is 12.1 Å². The van der Waals surface area contributed by atoms with Crippen molar-refractivity contribution in [2.45, 2.75) is 64.1 Å². The number of ether oxygens (including phenoxy) is 1. The van der Waals surface area contributed by atoms with Crippen LogP contribution in [-0.2, 0) is 6.54 Å². The van der Waals surface area contributed by atoms with Crippen LogP contribution in [-0.4, -0.2) is 40.1 Å². The van der Waals surface area contributed by atoms with E-state index in [9.17, 15) is 4.79 Å². The highest BCUT2D eigenvalue weighted by Crippen LogP contribution is 2.26. The van der Waals surface area contributed by atoms with Crippen molar-refractivity contribution in [1.82, 2.24) is 25.6 Å². The zero-order valence-electron chi connectivity index (χ0n) is 16.9. The van der Waals surface area contributed by atoms with Crippen LogP contribution in [0.4, 0.5) is 0 Å². The van der Waals surface area contributed by atoms with E-state index in [4.69, 9.17) is 4.74 Å². The summed E-state index contributed by atoms with van der Waals surface area (Å²) in [6.07, 6.45) is 7.00. The molecule has 0 bridgehead atoms. The zero-order chi connectivity index (χ0) is 19.3. The Morgan fingerprint density at radius 1 is 1.21 bits per heavy atom. The minimum Gasteiger partial charge on any atom is -0.490 e. The van der Waals surface area contributed by atoms with E-state index < -0.39 is 0 Å². The van der Waals surface area contributed by atoms with Crippen LogP contribution in [0.2, 0.25) is 0 Å². The van der Waals surface area contributed by atoms with Crippen molar-refractivity contribution in [3.63, 3.8) is 0 Å². The van der Waals surface area contributed by atoms with Gasteiger partial charge in [0.05, 0.1) is 17.8 Å². The van der Waals surface area contributed by atoms with Gasteiger partial charge in [0.2, 0.25) is 0 Å². The molecule has 7 nitrogen and oxygen atoms in total. The molecule has 2 fully saturated rings. The van der Waals surface area contributed by atoms with Crippen molar-refractivity contribution in [3.05, 3.63) is 41.2 Å². The van der Waals surface area contributed by atoms with Gasteiger partial charge in [-0.2, -0.15) is 0 Å². The average Bonchev–Trinajstić information content (AvgIpc) is 3.37. The lowest BCUT2D eigenvalue weighted by atomic mass is 10.1. The summed E-state index contributed by atoms with van der Waals surface area (Å²) in [4.78, 5) is 12.7. The van der Waals surface area contributed by atoms with Crippen LogP contribution >= 0.6 is 12.4 Å². The number of nitrogens with one attached hydrogen (secondary N) is 2. The van der Waals surface area contributed by atoms with E-state index in [1.807, 2.05) is 35.9 Å². The number of amides is 1. The molecule has 158 valence electrons. The van der Waals surface area contributed by atoms with Crippen LogP contribution in [0.1, 0.15) is 66.3 Å². The molecule has 2 aliphatic rings. The first-order chi connectivity index (χ1) is 13.7. The monoisotopic (exact) mass is 419 g/mol. The summed E-state index contributed by atoms with van der Waals surface area (Å²) in [7, 11) is 0. The highest BCUT2D eigenvalue weighted by Gasteiger charge is 2.23. The molecule has 1 aromatic carbocycles. The van der Waals surface area contributed by atoms with Gasteiger partial charge in [-0.05, 0) is 64.6 Å². The van der Waals surface area contributed by atoms with E-state index in [0.717, 1.165) is 55.8 Å². The van der Waals surface area contributed by atoms with Gasteiger partial charge in [0.15, 0.2) is 5.69 Å². The maximum absolute atomic E-state index is 12.7. The summed E-state index contributed by atoms with van der Waals surface area (Å²) < 4.78 is 8.07. The third kappa shape index (κ3) is 5.08. The lowest BCUT2D eigenvalue weighted by molar-refractivity contribution is 0.0944. The molecule has 0 spiro atoms.